The standard InChI is InChI=1S/C20H21FN6O3/c1-11(2)15-10-29-20(28)27(15)16-8-9-22-19(24-16)23-12(3)18-25-17(26-30-18)13-4-6-14(21)7-5-13/h4-9,11-12,15H,10H2,1-3H3,(H,22,23,24)/t12-,15-/m1/s1. The number of rotatable bonds is 6. The molecule has 30 heavy (non-hydrogen) atoms. The molecule has 0 bridgehead atoms. The van der Waals surface area contributed by atoms with Crippen LogP contribution in [0.1, 0.15) is 32.7 Å². The molecular formula is C20H21FN6O3. The van der Waals surface area contributed by atoms with Gasteiger partial charge in [0.25, 0.3) is 0 Å². The number of nitrogens with one attached hydrogen (secondary N) is 1. The highest BCUT2D eigenvalue weighted by atomic mass is 19.1. The molecule has 1 aromatic carbocycles. The fourth-order valence-electron chi connectivity index (χ4n) is 3.13. The van der Waals surface area contributed by atoms with Crippen molar-refractivity contribution in [2.45, 2.75) is 32.9 Å². The van der Waals surface area contributed by atoms with Crippen molar-refractivity contribution in [3.05, 3.63) is 48.2 Å². The third-order valence-corrected chi connectivity index (χ3v) is 4.82. The van der Waals surface area contributed by atoms with Crippen LogP contribution < -0.4 is 10.2 Å². The summed E-state index contributed by atoms with van der Waals surface area (Å²) in [6, 6.07) is 7.00. The summed E-state index contributed by atoms with van der Waals surface area (Å²) in [6.45, 7) is 6.19. The predicted molar refractivity (Wildman–Crippen MR) is 106 cm³/mol. The maximum absolute atomic E-state index is 13.1. The lowest BCUT2D eigenvalue weighted by atomic mass is 10.0. The number of anilines is 2. The normalized spacial score (nSPS) is 17.3. The van der Waals surface area contributed by atoms with Gasteiger partial charge in [-0.1, -0.05) is 19.0 Å². The van der Waals surface area contributed by atoms with E-state index in [1.807, 2.05) is 20.8 Å². The molecule has 9 nitrogen and oxygen atoms in total. The number of benzene rings is 1. The molecule has 1 amide bonds. The van der Waals surface area contributed by atoms with Gasteiger partial charge in [0.15, 0.2) is 0 Å². The first-order valence-electron chi connectivity index (χ1n) is 9.57. The average molecular weight is 412 g/mol. The van der Waals surface area contributed by atoms with E-state index in [2.05, 4.69) is 25.4 Å². The zero-order valence-corrected chi connectivity index (χ0v) is 16.7. The molecule has 0 aliphatic carbocycles. The van der Waals surface area contributed by atoms with Crippen LogP contribution in [-0.4, -0.2) is 38.9 Å². The van der Waals surface area contributed by atoms with Crippen molar-refractivity contribution < 1.29 is 18.4 Å². The minimum Gasteiger partial charge on any atom is -0.447 e. The van der Waals surface area contributed by atoms with E-state index in [4.69, 9.17) is 9.26 Å². The number of hydrogen-bond acceptors (Lipinski definition) is 8. The second kappa shape index (κ2) is 8.05. The summed E-state index contributed by atoms with van der Waals surface area (Å²) in [5.74, 6) is 1.32. The number of carbonyl (C=O) groups is 1. The highest BCUT2D eigenvalue weighted by Crippen LogP contribution is 2.27. The van der Waals surface area contributed by atoms with Crippen LogP contribution in [0.3, 0.4) is 0 Å². The maximum Gasteiger partial charge on any atom is 0.415 e. The van der Waals surface area contributed by atoms with Crippen LogP contribution in [0.5, 0.6) is 0 Å². The van der Waals surface area contributed by atoms with Crippen LogP contribution >= 0.6 is 0 Å². The summed E-state index contributed by atoms with van der Waals surface area (Å²) in [5.41, 5.74) is 0.643. The van der Waals surface area contributed by atoms with Gasteiger partial charge in [0, 0.05) is 11.8 Å². The number of hydrogen-bond donors (Lipinski definition) is 1. The fourth-order valence-corrected chi connectivity index (χ4v) is 3.13. The van der Waals surface area contributed by atoms with E-state index in [0.29, 0.717) is 35.7 Å². The van der Waals surface area contributed by atoms with E-state index >= 15 is 0 Å². The number of ether oxygens (including phenoxy) is 1. The average Bonchev–Trinajstić information content (AvgIpc) is 3.36. The van der Waals surface area contributed by atoms with Crippen LogP contribution in [-0.2, 0) is 4.74 Å². The molecule has 1 aliphatic rings. The van der Waals surface area contributed by atoms with Gasteiger partial charge in [-0.15, -0.1) is 0 Å². The quantitative estimate of drug-likeness (QED) is 0.651. The Labute approximate surface area is 172 Å². The van der Waals surface area contributed by atoms with Crippen LogP contribution in [0.2, 0.25) is 0 Å². The Kier molecular flexibility index (Phi) is 5.30. The summed E-state index contributed by atoms with van der Waals surface area (Å²) in [7, 11) is 0. The second-order valence-corrected chi connectivity index (χ2v) is 7.33. The minimum absolute atomic E-state index is 0.0909. The Balaban J connectivity index is 1.50. The molecular weight excluding hydrogens is 391 g/mol. The Bertz CT molecular complexity index is 1040. The lowest BCUT2D eigenvalue weighted by Gasteiger charge is -2.23. The first-order valence-corrected chi connectivity index (χ1v) is 9.57. The van der Waals surface area contributed by atoms with Crippen molar-refractivity contribution in [2.24, 2.45) is 5.92 Å². The zero-order valence-electron chi connectivity index (χ0n) is 16.7. The molecule has 0 spiro atoms. The SMILES string of the molecule is CC(C)[C@H]1COC(=O)N1c1ccnc(N[C@H](C)c2nc(-c3ccc(F)cc3)no2)n1. The number of halogens is 1. The molecule has 0 unspecified atom stereocenters. The Morgan fingerprint density at radius 1 is 1.17 bits per heavy atom. The summed E-state index contributed by atoms with van der Waals surface area (Å²) in [5, 5.41) is 7.04. The van der Waals surface area contributed by atoms with Crippen molar-refractivity contribution in [3.8, 4) is 11.4 Å². The van der Waals surface area contributed by atoms with Gasteiger partial charge in [0.1, 0.15) is 24.3 Å². The Hall–Kier alpha value is -3.56. The van der Waals surface area contributed by atoms with Gasteiger partial charge in [-0.25, -0.2) is 14.2 Å². The molecule has 1 saturated heterocycles. The van der Waals surface area contributed by atoms with E-state index in [-0.39, 0.29) is 17.8 Å². The summed E-state index contributed by atoms with van der Waals surface area (Å²) < 4.78 is 23.6. The van der Waals surface area contributed by atoms with Gasteiger partial charge >= 0.3 is 6.09 Å². The highest BCUT2D eigenvalue weighted by molar-refractivity contribution is 5.89. The molecule has 3 heterocycles. The van der Waals surface area contributed by atoms with Crippen molar-refractivity contribution in [3.63, 3.8) is 0 Å². The molecule has 156 valence electrons. The molecule has 1 N–H and O–H groups in total. The topological polar surface area (TPSA) is 106 Å². The molecule has 1 aliphatic heterocycles. The van der Waals surface area contributed by atoms with E-state index in [9.17, 15) is 9.18 Å². The van der Waals surface area contributed by atoms with Gasteiger partial charge in [-0.05, 0) is 43.2 Å². The van der Waals surface area contributed by atoms with Gasteiger partial charge in [-0.3, -0.25) is 4.90 Å². The number of cyclic esters (lactones) is 1. The van der Waals surface area contributed by atoms with Crippen molar-refractivity contribution in [2.75, 3.05) is 16.8 Å². The monoisotopic (exact) mass is 412 g/mol. The first-order chi connectivity index (χ1) is 14.4. The highest BCUT2D eigenvalue weighted by Gasteiger charge is 2.37. The molecule has 0 radical (unpaired) electrons. The van der Waals surface area contributed by atoms with Crippen LogP contribution in [0, 0.1) is 11.7 Å². The van der Waals surface area contributed by atoms with Crippen LogP contribution in [0.25, 0.3) is 11.4 Å². The molecule has 2 aromatic heterocycles. The largest absolute Gasteiger partial charge is 0.447 e. The molecule has 1 fully saturated rings. The third kappa shape index (κ3) is 3.93. The molecule has 10 heteroatoms. The van der Waals surface area contributed by atoms with Crippen LogP contribution in [0.15, 0.2) is 41.1 Å². The van der Waals surface area contributed by atoms with Gasteiger partial charge in [-0.2, -0.15) is 9.97 Å². The van der Waals surface area contributed by atoms with Crippen LogP contribution in [0.4, 0.5) is 21.0 Å². The molecule has 0 saturated carbocycles. The summed E-state index contributed by atoms with van der Waals surface area (Å²) in [6.07, 6.45) is 1.14. The maximum atomic E-state index is 13.1. The van der Waals surface area contributed by atoms with E-state index in [1.165, 1.54) is 12.1 Å². The lowest BCUT2D eigenvalue weighted by Crippen LogP contribution is -2.37. The smallest absolute Gasteiger partial charge is 0.415 e. The molecule has 3 aromatic rings. The third-order valence-electron chi connectivity index (χ3n) is 4.82. The van der Waals surface area contributed by atoms with E-state index in [1.54, 1.807) is 29.3 Å². The summed E-state index contributed by atoms with van der Waals surface area (Å²) in [4.78, 5) is 26.7. The van der Waals surface area contributed by atoms with Crippen molar-refractivity contribution in [1.29, 1.82) is 0 Å². The number of aromatic nitrogens is 4. The van der Waals surface area contributed by atoms with Gasteiger partial charge in [0.2, 0.25) is 17.7 Å². The minimum atomic E-state index is -0.424. The second-order valence-electron chi connectivity index (χ2n) is 7.33. The summed E-state index contributed by atoms with van der Waals surface area (Å²) >= 11 is 0. The Morgan fingerprint density at radius 2 is 1.93 bits per heavy atom. The van der Waals surface area contributed by atoms with E-state index < -0.39 is 12.1 Å². The lowest BCUT2D eigenvalue weighted by molar-refractivity contribution is 0.177. The Morgan fingerprint density at radius 3 is 2.67 bits per heavy atom. The first kappa shape index (κ1) is 19.7. The van der Waals surface area contributed by atoms with Crippen molar-refractivity contribution in [1.82, 2.24) is 20.1 Å². The zero-order chi connectivity index (χ0) is 21.3. The van der Waals surface area contributed by atoms with Gasteiger partial charge < -0.3 is 14.6 Å². The number of carbonyl (C=O) groups excluding carboxylic acids is 1. The van der Waals surface area contributed by atoms with E-state index in [0.717, 1.165) is 0 Å². The number of amides is 1. The predicted octanol–water partition coefficient (Wildman–Crippen LogP) is 3.82. The fraction of sp³-hybridized carbons (Fsp3) is 0.350. The number of nitrogens with zero attached hydrogens (tertiary/aromatic N) is 5. The molecule has 2 atom stereocenters. The molecule has 4 rings (SSSR count). The van der Waals surface area contributed by atoms with Gasteiger partial charge in [0.05, 0.1) is 6.04 Å². The van der Waals surface area contributed by atoms with Crippen molar-refractivity contribution >= 4 is 17.9 Å².